The van der Waals surface area contributed by atoms with Gasteiger partial charge in [-0.15, -0.1) is 0 Å². The second kappa shape index (κ2) is 5.46. The monoisotopic (exact) mass is 292 g/mol. The number of likely N-dealkylation sites (tertiary alicyclic amines) is 1. The van der Waals surface area contributed by atoms with E-state index >= 15 is 0 Å². The van der Waals surface area contributed by atoms with Crippen LogP contribution in [0.3, 0.4) is 0 Å². The van der Waals surface area contributed by atoms with E-state index in [-0.39, 0.29) is 25.4 Å². The van der Waals surface area contributed by atoms with Crippen molar-refractivity contribution >= 4 is 21.9 Å². The van der Waals surface area contributed by atoms with Crippen molar-refractivity contribution in [2.45, 2.75) is 32.2 Å². The van der Waals surface area contributed by atoms with Gasteiger partial charge in [0.1, 0.15) is 0 Å². The van der Waals surface area contributed by atoms with Gasteiger partial charge in [0.25, 0.3) is 0 Å². The summed E-state index contributed by atoms with van der Waals surface area (Å²) in [6, 6.07) is 0. The number of nitrogens with one attached hydrogen (secondary N) is 1. The van der Waals surface area contributed by atoms with Crippen LogP contribution in [0.5, 0.6) is 0 Å². The molecule has 0 aromatic rings. The molecule has 0 aromatic carbocycles. The third kappa shape index (κ3) is 5.15. The van der Waals surface area contributed by atoms with E-state index in [1.165, 1.54) is 4.90 Å². The third-order valence-corrected chi connectivity index (χ3v) is 3.82. The maximum Gasteiger partial charge on any atom is 0.308 e. The molecule has 8 heteroatoms. The number of amides is 1. The van der Waals surface area contributed by atoms with Gasteiger partial charge >= 0.3 is 5.97 Å². The predicted octanol–water partition coefficient (Wildman–Crippen LogP) is -0.363. The minimum atomic E-state index is -3.38. The molecule has 1 saturated heterocycles. The standard InChI is InChI=1S/C11H20N2O5S/c1-11(2,12-19(3,17)18)7-13-6-8(10(15)16)4-5-9(13)14/h8,12H,4-7H2,1-3H3,(H,15,16). The summed E-state index contributed by atoms with van der Waals surface area (Å²) in [5.74, 6) is -1.64. The SMILES string of the molecule is CC(C)(CN1CC(C(=O)O)CCC1=O)NS(C)(=O)=O. The number of aliphatic carboxylic acids is 1. The smallest absolute Gasteiger partial charge is 0.308 e. The summed E-state index contributed by atoms with van der Waals surface area (Å²) in [5, 5.41) is 8.98. The number of sulfonamides is 1. The lowest BCUT2D eigenvalue weighted by Gasteiger charge is -2.36. The Hall–Kier alpha value is -1.15. The van der Waals surface area contributed by atoms with Crippen molar-refractivity contribution in [1.82, 2.24) is 9.62 Å². The molecule has 1 aliphatic heterocycles. The van der Waals surface area contributed by atoms with Crippen molar-refractivity contribution in [2.75, 3.05) is 19.3 Å². The summed E-state index contributed by atoms with van der Waals surface area (Å²) in [5.41, 5.74) is -0.830. The molecular formula is C11H20N2O5S. The lowest BCUT2D eigenvalue weighted by Crippen LogP contribution is -2.55. The number of hydrogen-bond acceptors (Lipinski definition) is 4. The normalized spacial score (nSPS) is 21.5. The van der Waals surface area contributed by atoms with Gasteiger partial charge in [0.2, 0.25) is 15.9 Å². The van der Waals surface area contributed by atoms with Crippen LogP contribution in [0.1, 0.15) is 26.7 Å². The molecule has 1 rings (SSSR count). The Labute approximate surface area is 113 Å². The molecule has 0 bridgehead atoms. The minimum Gasteiger partial charge on any atom is -0.481 e. The molecule has 1 atom stereocenters. The zero-order valence-electron chi connectivity index (χ0n) is 11.3. The number of carbonyl (C=O) groups is 2. The molecule has 0 radical (unpaired) electrons. The molecule has 7 nitrogen and oxygen atoms in total. The molecular weight excluding hydrogens is 272 g/mol. The summed E-state index contributed by atoms with van der Waals surface area (Å²) in [4.78, 5) is 24.1. The van der Waals surface area contributed by atoms with Crippen LogP contribution in [-0.2, 0) is 19.6 Å². The zero-order chi connectivity index (χ0) is 14.8. The van der Waals surface area contributed by atoms with Crippen molar-refractivity contribution in [2.24, 2.45) is 5.92 Å². The lowest BCUT2D eigenvalue weighted by atomic mass is 9.96. The number of hydrogen-bond donors (Lipinski definition) is 2. The second-order valence-electron chi connectivity index (χ2n) is 5.61. The van der Waals surface area contributed by atoms with Gasteiger partial charge in [-0.05, 0) is 20.3 Å². The number of carboxylic acid groups (broad SMARTS) is 1. The summed E-state index contributed by atoms with van der Waals surface area (Å²) in [6.45, 7) is 3.60. The van der Waals surface area contributed by atoms with Crippen LogP contribution in [0, 0.1) is 5.92 Å². The molecule has 1 amide bonds. The van der Waals surface area contributed by atoms with Gasteiger partial charge in [-0.25, -0.2) is 13.1 Å². The largest absolute Gasteiger partial charge is 0.481 e. The molecule has 0 spiro atoms. The van der Waals surface area contributed by atoms with Crippen LogP contribution < -0.4 is 4.72 Å². The summed E-state index contributed by atoms with van der Waals surface area (Å²) in [6.07, 6.45) is 1.57. The van der Waals surface area contributed by atoms with E-state index in [0.717, 1.165) is 6.26 Å². The quantitative estimate of drug-likeness (QED) is 0.720. The van der Waals surface area contributed by atoms with Crippen LogP contribution in [0.15, 0.2) is 0 Å². The van der Waals surface area contributed by atoms with E-state index < -0.39 is 27.4 Å². The van der Waals surface area contributed by atoms with Crippen molar-refractivity contribution < 1.29 is 23.1 Å². The Morgan fingerprint density at radius 2 is 2.11 bits per heavy atom. The molecule has 1 aliphatic rings. The first kappa shape index (κ1) is 15.9. The first-order chi connectivity index (χ1) is 8.50. The van der Waals surface area contributed by atoms with E-state index in [1.807, 2.05) is 0 Å². The maximum atomic E-state index is 11.8. The first-order valence-corrected chi connectivity index (χ1v) is 7.89. The van der Waals surface area contributed by atoms with E-state index in [9.17, 15) is 18.0 Å². The first-order valence-electron chi connectivity index (χ1n) is 6.00. The molecule has 2 N–H and O–H groups in total. The van der Waals surface area contributed by atoms with E-state index in [0.29, 0.717) is 6.42 Å². The zero-order valence-corrected chi connectivity index (χ0v) is 12.2. The predicted molar refractivity (Wildman–Crippen MR) is 69.0 cm³/mol. The van der Waals surface area contributed by atoms with Crippen LogP contribution in [0.4, 0.5) is 0 Å². The molecule has 110 valence electrons. The van der Waals surface area contributed by atoms with E-state index in [2.05, 4.69) is 4.72 Å². The average Bonchev–Trinajstić information content (AvgIpc) is 2.16. The highest BCUT2D eigenvalue weighted by Gasteiger charge is 2.34. The Balaban J connectivity index is 2.73. The number of nitrogens with zero attached hydrogens (tertiary/aromatic N) is 1. The Morgan fingerprint density at radius 3 is 2.58 bits per heavy atom. The minimum absolute atomic E-state index is 0.128. The summed E-state index contributed by atoms with van der Waals surface area (Å²) in [7, 11) is -3.38. The van der Waals surface area contributed by atoms with Crippen molar-refractivity contribution in [1.29, 1.82) is 0 Å². The fourth-order valence-corrected chi connectivity index (χ4v) is 3.35. The number of carbonyl (C=O) groups excluding carboxylic acids is 1. The highest BCUT2D eigenvalue weighted by atomic mass is 32.2. The highest BCUT2D eigenvalue weighted by molar-refractivity contribution is 7.88. The number of piperidine rings is 1. The molecule has 1 fully saturated rings. The van der Waals surface area contributed by atoms with Gasteiger partial charge in [-0.1, -0.05) is 0 Å². The van der Waals surface area contributed by atoms with Gasteiger partial charge in [0.15, 0.2) is 0 Å². The molecule has 0 aliphatic carbocycles. The molecule has 0 aromatic heterocycles. The fraction of sp³-hybridized carbons (Fsp3) is 0.818. The van der Waals surface area contributed by atoms with Crippen LogP contribution in [0.2, 0.25) is 0 Å². The second-order valence-corrected chi connectivity index (χ2v) is 7.35. The summed E-state index contributed by atoms with van der Waals surface area (Å²) >= 11 is 0. The van der Waals surface area contributed by atoms with Gasteiger partial charge < -0.3 is 10.0 Å². The molecule has 1 heterocycles. The van der Waals surface area contributed by atoms with Gasteiger partial charge in [-0.2, -0.15) is 0 Å². The van der Waals surface area contributed by atoms with Crippen molar-refractivity contribution in [3.63, 3.8) is 0 Å². The molecule has 19 heavy (non-hydrogen) atoms. The highest BCUT2D eigenvalue weighted by Crippen LogP contribution is 2.20. The molecule has 1 unspecified atom stereocenters. The van der Waals surface area contributed by atoms with Crippen LogP contribution >= 0.6 is 0 Å². The fourth-order valence-electron chi connectivity index (χ4n) is 2.28. The van der Waals surface area contributed by atoms with Crippen LogP contribution in [0.25, 0.3) is 0 Å². The number of carboxylic acids is 1. The summed E-state index contributed by atoms with van der Waals surface area (Å²) < 4.78 is 24.9. The van der Waals surface area contributed by atoms with E-state index in [1.54, 1.807) is 13.8 Å². The topological polar surface area (TPSA) is 104 Å². The maximum absolute atomic E-state index is 11.8. The Kier molecular flexibility index (Phi) is 4.57. The molecule has 0 saturated carbocycles. The average molecular weight is 292 g/mol. The van der Waals surface area contributed by atoms with Crippen molar-refractivity contribution in [3.05, 3.63) is 0 Å². The number of rotatable bonds is 5. The van der Waals surface area contributed by atoms with E-state index in [4.69, 9.17) is 5.11 Å². The van der Waals surface area contributed by atoms with Crippen LogP contribution in [-0.4, -0.2) is 55.2 Å². The van der Waals surface area contributed by atoms with Crippen molar-refractivity contribution in [3.8, 4) is 0 Å². The Bertz CT molecular complexity index is 471. The lowest BCUT2D eigenvalue weighted by molar-refractivity contribution is -0.147. The third-order valence-electron chi connectivity index (χ3n) is 2.90. The Morgan fingerprint density at radius 1 is 1.53 bits per heavy atom. The van der Waals surface area contributed by atoms with Gasteiger partial charge in [-0.3, -0.25) is 9.59 Å². The van der Waals surface area contributed by atoms with Gasteiger partial charge in [0, 0.05) is 25.0 Å². The van der Waals surface area contributed by atoms with Gasteiger partial charge in [0.05, 0.1) is 12.2 Å².